The van der Waals surface area contributed by atoms with Gasteiger partial charge in [-0.15, -0.1) is 0 Å². The first-order valence-corrected chi connectivity index (χ1v) is 10.4. The second-order valence-electron chi connectivity index (χ2n) is 7.33. The lowest BCUT2D eigenvalue weighted by molar-refractivity contribution is -0.122. The van der Waals surface area contributed by atoms with E-state index < -0.39 is 11.9 Å². The SMILES string of the molecule is CN(Cc1cccc2c1CN(C(CCC=O)C(N)=O)C2=O)C(=O)c1ccc(Cl)c(Cl)c1. The summed E-state index contributed by atoms with van der Waals surface area (Å²) >= 11 is 11.9. The number of halogens is 2. The van der Waals surface area contributed by atoms with Crippen LogP contribution < -0.4 is 5.73 Å². The fraction of sp³-hybridized carbons (Fsp3) is 0.273. The number of fused-ring (bicyclic) bond motifs is 1. The number of benzene rings is 2. The van der Waals surface area contributed by atoms with Gasteiger partial charge in [0.05, 0.1) is 10.0 Å². The maximum atomic E-state index is 12.9. The zero-order chi connectivity index (χ0) is 22.7. The van der Waals surface area contributed by atoms with E-state index in [0.29, 0.717) is 22.4 Å². The quantitative estimate of drug-likeness (QED) is 0.610. The smallest absolute Gasteiger partial charge is 0.255 e. The number of amides is 3. The van der Waals surface area contributed by atoms with Gasteiger partial charge >= 0.3 is 0 Å². The van der Waals surface area contributed by atoms with E-state index in [2.05, 4.69) is 0 Å². The minimum Gasteiger partial charge on any atom is -0.368 e. The first-order valence-electron chi connectivity index (χ1n) is 9.59. The lowest BCUT2D eigenvalue weighted by Gasteiger charge is -2.24. The molecule has 0 aromatic heterocycles. The van der Waals surface area contributed by atoms with Crippen LogP contribution in [0, 0.1) is 0 Å². The Hall–Kier alpha value is -2.90. The summed E-state index contributed by atoms with van der Waals surface area (Å²) in [6.07, 6.45) is 0.990. The Balaban J connectivity index is 1.83. The summed E-state index contributed by atoms with van der Waals surface area (Å²) in [5, 5.41) is 0.648. The summed E-state index contributed by atoms with van der Waals surface area (Å²) in [5.41, 5.74) is 7.85. The number of rotatable bonds is 8. The summed E-state index contributed by atoms with van der Waals surface area (Å²) in [5.74, 6) is -1.22. The molecule has 0 fully saturated rings. The molecule has 1 heterocycles. The highest BCUT2D eigenvalue weighted by atomic mass is 35.5. The molecule has 1 unspecified atom stereocenters. The Morgan fingerprint density at radius 1 is 1.23 bits per heavy atom. The van der Waals surface area contributed by atoms with Gasteiger partial charge in [-0.1, -0.05) is 35.3 Å². The van der Waals surface area contributed by atoms with Crippen LogP contribution in [-0.2, 0) is 22.7 Å². The van der Waals surface area contributed by atoms with Crippen molar-refractivity contribution in [3.8, 4) is 0 Å². The van der Waals surface area contributed by atoms with Crippen LogP contribution in [0.5, 0.6) is 0 Å². The van der Waals surface area contributed by atoms with E-state index in [-0.39, 0.29) is 42.8 Å². The number of carbonyl (C=O) groups is 4. The van der Waals surface area contributed by atoms with E-state index in [9.17, 15) is 19.2 Å². The number of hydrogen-bond acceptors (Lipinski definition) is 4. The average molecular weight is 462 g/mol. The lowest BCUT2D eigenvalue weighted by Crippen LogP contribution is -2.44. The highest BCUT2D eigenvalue weighted by Crippen LogP contribution is 2.30. The monoisotopic (exact) mass is 461 g/mol. The molecule has 1 aliphatic heterocycles. The van der Waals surface area contributed by atoms with Gasteiger partial charge in [-0.25, -0.2) is 0 Å². The van der Waals surface area contributed by atoms with Crippen LogP contribution >= 0.6 is 23.2 Å². The number of hydrogen-bond donors (Lipinski definition) is 1. The Kier molecular flexibility index (Phi) is 6.97. The number of aldehydes is 1. The second kappa shape index (κ2) is 9.49. The van der Waals surface area contributed by atoms with Gasteiger partial charge in [0.25, 0.3) is 11.8 Å². The van der Waals surface area contributed by atoms with Crippen molar-refractivity contribution < 1.29 is 19.2 Å². The van der Waals surface area contributed by atoms with Crippen molar-refractivity contribution in [3.63, 3.8) is 0 Å². The van der Waals surface area contributed by atoms with Gasteiger partial charge in [0.1, 0.15) is 12.3 Å². The van der Waals surface area contributed by atoms with Gasteiger partial charge in [-0.3, -0.25) is 14.4 Å². The highest BCUT2D eigenvalue weighted by Gasteiger charge is 2.36. The molecule has 3 amide bonds. The van der Waals surface area contributed by atoms with Crippen LogP contribution in [0.15, 0.2) is 36.4 Å². The number of nitrogens with two attached hydrogens (primary N) is 1. The van der Waals surface area contributed by atoms with Crippen molar-refractivity contribution >= 4 is 47.2 Å². The van der Waals surface area contributed by atoms with Crippen LogP contribution in [0.25, 0.3) is 0 Å². The standard InChI is InChI=1S/C22H21Cl2N3O4/c1-26(21(30)13-7-8-17(23)18(24)10-13)11-14-4-2-5-15-16(14)12-27(22(15)31)19(20(25)29)6-3-9-28/h2,4-5,7-10,19H,3,6,11-12H2,1H3,(H2,25,29). The molecule has 31 heavy (non-hydrogen) atoms. The van der Waals surface area contributed by atoms with Crippen molar-refractivity contribution in [2.75, 3.05) is 7.05 Å². The largest absolute Gasteiger partial charge is 0.368 e. The summed E-state index contributed by atoms with van der Waals surface area (Å²) in [4.78, 5) is 51.2. The van der Waals surface area contributed by atoms with Crippen molar-refractivity contribution in [2.24, 2.45) is 5.73 Å². The van der Waals surface area contributed by atoms with Crippen LogP contribution in [0.3, 0.4) is 0 Å². The van der Waals surface area contributed by atoms with E-state index in [4.69, 9.17) is 28.9 Å². The second-order valence-corrected chi connectivity index (χ2v) is 8.14. The summed E-state index contributed by atoms with van der Waals surface area (Å²) in [7, 11) is 1.65. The number of nitrogens with zero attached hydrogens (tertiary/aromatic N) is 2. The molecule has 0 spiro atoms. The van der Waals surface area contributed by atoms with Gasteiger partial charge in [0, 0.05) is 37.7 Å². The third-order valence-electron chi connectivity index (χ3n) is 5.28. The summed E-state index contributed by atoms with van der Waals surface area (Å²) < 4.78 is 0. The maximum Gasteiger partial charge on any atom is 0.255 e. The minimum absolute atomic E-state index is 0.126. The Morgan fingerprint density at radius 3 is 2.61 bits per heavy atom. The predicted octanol–water partition coefficient (Wildman–Crippen LogP) is 3.05. The molecule has 3 rings (SSSR count). The Labute approximate surface area is 189 Å². The third-order valence-corrected chi connectivity index (χ3v) is 6.02. The molecule has 0 radical (unpaired) electrons. The molecule has 0 saturated carbocycles. The van der Waals surface area contributed by atoms with Crippen molar-refractivity contribution in [2.45, 2.75) is 32.0 Å². The lowest BCUT2D eigenvalue weighted by atomic mass is 10.0. The molecule has 0 aliphatic carbocycles. The van der Waals surface area contributed by atoms with E-state index in [1.54, 1.807) is 31.3 Å². The maximum absolute atomic E-state index is 12.9. The van der Waals surface area contributed by atoms with Crippen LogP contribution in [-0.4, -0.2) is 46.9 Å². The van der Waals surface area contributed by atoms with Crippen LogP contribution in [0.4, 0.5) is 0 Å². The first-order chi connectivity index (χ1) is 14.7. The van der Waals surface area contributed by atoms with Gasteiger partial charge in [-0.2, -0.15) is 0 Å². The normalized spacial score (nSPS) is 13.6. The van der Waals surface area contributed by atoms with Gasteiger partial charge in [0.2, 0.25) is 5.91 Å². The van der Waals surface area contributed by atoms with E-state index in [1.807, 2.05) is 6.07 Å². The molecule has 1 aliphatic rings. The highest BCUT2D eigenvalue weighted by molar-refractivity contribution is 6.42. The van der Waals surface area contributed by atoms with E-state index in [0.717, 1.165) is 11.1 Å². The topological polar surface area (TPSA) is 101 Å². The molecule has 2 N–H and O–H groups in total. The molecule has 1 atom stereocenters. The fourth-order valence-corrected chi connectivity index (χ4v) is 3.97. The van der Waals surface area contributed by atoms with Gasteiger partial charge in [0.15, 0.2) is 0 Å². The predicted molar refractivity (Wildman–Crippen MR) is 117 cm³/mol. The molecule has 162 valence electrons. The molecule has 0 saturated heterocycles. The molecule has 0 bridgehead atoms. The van der Waals surface area contributed by atoms with E-state index >= 15 is 0 Å². The Bertz CT molecular complexity index is 1060. The molecular weight excluding hydrogens is 441 g/mol. The van der Waals surface area contributed by atoms with Crippen molar-refractivity contribution in [3.05, 3.63) is 68.7 Å². The van der Waals surface area contributed by atoms with Gasteiger partial charge in [-0.05, 0) is 41.8 Å². The molecule has 7 nitrogen and oxygen atoms in total. The fourth-order valence-electron chi connectivity index (χ4n) is 3.67. The average Bonchev–Trinajstić information content (AvgIpc) is 3.07. The Morgan fingerprint density at radius 2 is 1.97 bits per heavy atom. The first kappa shape index (κ1) is 22.8. The van der Waals surface area contributed by atoms with E-state index in [1.165, 1.54) is 15.9 Å². The molecule has 2 aromatic carbocycles. The summed E-state index contributed by atoms with van der Waals surface area (Å²) in [6.45, 7) is 0.435. The molecule has 9 heteroatoms. The molecular formula is C22H21Cl2N3O4. The zero-order valence-corrected chi connectivity index (χ0v) is 18.3. The number of carbonyl (C=O) groups excluding carboxylic acids is 4. The summed E-state index contributed by atoms with van der Waals surface area (Å²) in [6, 6.07) is 9.04. The van der Waals surface area contributed by atoms with Gasteiger partial charge < -0.3 is 20.3 Å². The van der Waals surface area contributed by atoms with Crippen LogP contribution in [0.1, 0.15) is 44.7 Å². The van der Waals surface area contributed by atoms with Crippen LogP contribution in [0.2, 0.25) is 10.0 Å². The zero-order valence-electron chi connectivity index (χ0n) is 16.8. The third kappa shape index (κ3) is 4.73. The minimum atomic E-state index is -0.867. The van der Waals surface area contributed by atoms with Crippen molar-refractivity contribution in [1.82, 2.24) is 9.80 Å². The van der Waals surface area contributed by atoms with Crippen molar-refractivity contribution in [1.29, 1.82) is 0 Å². The molecule has 2 aromatic rings. The number of primary amides is 1.